The fourth-order valence-corrected chi connectivity index (χ4v) is 7.96. The third-order valence-corrected chi connectivity index (χ3v) is 11.2. The van der Waals surface area contributed by atoms with E-state index in [1.807, 2.05) is 22.2 Å². The Hall–Kier alpha value is -6.92. The first-order valence-electron chi connectivity index (χ1n) is 21.2. The number of amides is 6. The SMILES string of the molecule is COc1cc2c(cc1OCCCC(=O)NCCNC(=O)CNC(=O)c1cc(NC(=O)CCCOc3cc4c(cc3OC)C(=O)N3CCC[C@@H]3C=N4)cn1C)N=C[C@H]1CCCN1C2=O. The van der Waals surface area contributed by atoms with Crippen LogP contribution in [0.15, 0.2) is 46.5 Å². The third-order valence-electron chi connectivity index (χ3n) is 11.2. The standard InChI is InChI=1S/C44H53N9O10/c1-51-26-27(50-40(55)11-7-17-63-38-22-33-31(20-36(38)61-3)44(59)53-15-5-9-29(53)24-48-33)18-34(51)42(57)49-25-41(56)46-13-12-45-39(54)10-6-16-62-37-21-32-30(19-35(37)60-2)43(58)52-14-4-8-28(52)23-47-32/h18-24,26,28-29H,4-17,25H2,1-3H3,(H,45,54)(H,46,56)(H,49,57)(H,50,55)/t28-,29-/m1/s1. The van der Waals surface area contributed by atoms with Crippen molar-refractivity contribution in [3.8, 4) is 23.0 Å². The van der Waals surface area contributed by atoms with Crippen molar-refractivity contribution in [2.24, 2.45) is 17.0 Å². The molecular formula is C44H53N9O10. The predicted octanol–water partition coefficient (Wildman–Crippen LogP) is 3.30. The number of aromatic nitrogens is 1. The van der Waals surface area contributed by atoms with Gasteiger partial charge in [-0.2, -0.15) is 0 Å². The minimum absolute atomic E-state index is 0.00806. The molecule has 334 valence electrons. The third kappa shape index (κ3) is 10.6. The average Bonchev–Trinajstić information content (AvgIpc) is 4.01. The summed E-state index contributed by atoms with van der Waals surface area (Å²) < 4.78 is 24.4. The molecule has 2 aromatic carbocycles. The molecule has 0 saturated carbocycles. The Labute approximate surface area is 364 Å². The van der Waals surface area contributed by atoms with Crippen molar-refractivity contribution >= 4 is 64.9 Å². The zero-order valence-corrected chi connectivity index (χ0v) is 35.7. The number of anilines is 1. The van der Waals surface area contributed by atoms with Gasteiger partial charge >= 0.3 is 0 Å². The monoisotopic (exact) mass is 867 g/mol. The number of methoxy groups -OCH3 is 2. The smallest absolute Gasteiger partial charge is 0.268 e. The van der Waals surface area contributed by atoms with Crippen molar-refractivity contribution < 1.29 is 47.7 Å². The van der Waals surface area contributed by atoms with E-state index in [1.165, 1.54) is 24.9 Å². The van der Waals surface area contributed by atoms with E-state index in [4.69, 9.17) is 18.9 Å². The van der Waals surface area contributed by atoms with Crippen molar-refractivity contribution in [1.82, 2.24) is 30.3 Å². The van der Waals surface area contributed by atoms with Crippen LogP contribution in [-0.4, -0.2) is 134 Å². The number of nitrogens with one attached hydrogen (secondary N) is 4. The molecule has 2 atom stereocenters. The Bertz CT molecular complexity index is 2310. The van der Waals surface area contributed by atoms with Crippen LogP contribution in [0.3, 0.4) is 0 Å². The summed E-state index contributed by atoms with van der Waals surface area (Å²) in [5.74, 6) is 0.0657. The summed E-state index contributed by atoms with van der Waals surface area (Å²) in [6.45, 7) is 1.87. The van der Waals surface area contributed by atoms with Crippen LogP contribution in [0.25, 0.3) is 0 Å². The molecule has 0 unspecified atom stereocenters. The molecule has 2 saturated heterocycles. The summed E-state index contributed by atoms with van der Waals surface area (Å²) in [7, 11) is 4.65. The predicted molar refractivity (Wildman–Crippen MR) is 232 cm³/mol. The number of aliphatic imine (C=N–C) groups is 2. The molecule has 0 aliphatic carbocycles. The van der Waals surface area contributed by atoms with Gasteiger partial charge in [-0.15, -0.1) is 0 Å². The van der Waals surface area contributed by atoms with E-state index in [0.717, 1.165) is 25.7 Å². The molecule has 4 aliphatic heterocycles. The molecule has 6 amide bonds. The lowest BCUT2D eigenvalue weighted by molar-refractivity contribution is -0.122. The molecule has 19 nitrogen and oxygen atoms in total. The van der Waals surface area contributed by atoms with Gasteiger partial charge in [-0.05, 0) is 56.7 Å². The number of nitrogens with zero attached hydrogens (tertiary/aromatic N) is 5. The highest BCUT2D eigenvalue weighted by atomic mass is 16.5. The van der Waals surface area contributed by atoms with E-state index in [-0.39, 0.29) is 87.1 Å². The number of benzene rings is 2. The lowest BCUT2D eigenvalue weighted by Crippen LogP contribution is -2.40. The number of carbonyl (C=O) groups is 6. The van der Waals surface area contributed by atoms with E-state index < -0.39 is 11.8 Å². The maximum absolute atomic E-state index is 13.1. The van der Waals surface area contributed by atoms with E-state index in [1.54, 1.807) is 37.5 Å². The van der Waals surface area contributed by atoms with Gasteiger partial charge in [0.15, 0.2) is 23.0 Å². The summed E-state index contributed by atoms with van der Waals surface area (Å²) >= 11 is 0. The lowest BCUT2D eigenvalue weighted by Gasteiger charge is -2.20. The van der Waals surface area contributed by atoms with Gasteiger partial charge in [0.25, 0.3) is 17.7 Å². The molecule has 1 aromatic heterocycles. The second-order valence-corrected chi connectivity index (χ2v) is 15.6. The number of rotatable bonds is 19. The molecule has 0 bridgehead atoms. The maximum atomic E-state index is 13.1. The van der Waals surface area contributed by atoms with Crippen molar-refractivity contribution in [3.05, 3.63) is 53.3 Å². The normalized spacial score (nSPS) is 17.1. The maximum Gasteiger partial charge on any atom is 0.268 e. The van der Waals surface area contributed by atoms with E-state index in [0.29, 0.717) is 77.1 Å². The van der Waals surface area contributed by atoms with Crippen LogP contribution in [0.2, 0.25) is 0 Å². The second-order valence-electron chi connectivity index (χ2n) is 15.6. The van der Waals surface area contributed by atoms with Crippen LogP contribution in [0.1, 0.15) is 82.6 Å². The molecule has 0 radical (unpaired) electrons. The Balaban J connectivity index is 0.761. The highest BCUT2D eigenvalue weighted by molar-refractivity contribution is 6.04. The van der Waals surface area contributed by atoms with E-state index in [9.17, 15) is 28.8 Å². The summed E-state index contributed by atoms with van der Waals surface area (Å²) in [4.78, 5) is 89.4. The molecule has 5 heterocycles. The first-order chi connectivity index (χ1) is 30.5. The van der Waals surface area contributed by atoms with Gasteiger partial charge in [0.1, 0.15) is 5.69 Å². The number of hydrogen-bond acceptors (Lipinski definition) is 12. The Kier molecular flexibility index (Phi) is 14.2. The van der Waals surface area contributed by atoms with Crippen molar-refractivity contribution in [1.29, 1.82) is 0 Å². The van der Waals surface area contributed by atoms with Gasteiger partial charge in [0.05, 0.1) is 74.3 Å². The molecule has 7 rings (SSSR count). The van der Waals surface area contributed by atoms with Gasteiger partial charge in [0, 0.05) is 76.8 Å². The van der Waals surface area contributed by atoms with E-state index in [2.05, 4.69) is 31.3 Å². The number of fused-ring (bicyclic) bond motifs is 4. The summed E-state index contributed by atoms with van der Waals surface area (Å²) in [5, 5.41) is 10.8. The van der Waals surface area contributed by atoms with Crippen molar-refractivity contribution in [2.75, 3.05) is 65.5 Å². The summed E-state index contributed by atoms with van der Waals surface area (Å²) in [6, 6.07) is 8.17. The van der Waals surface area contributed by atoms with Crippen LogP contribution in [0, 0.1) is 0 Å². The number of aryl methyl sites for hydroxylation is 1. The van der Waals surface area contributed by atoms with Gasteiger partial charge in [-0.25, -0.2) is 0 Å². The lowest BCUT2D eigenvalue weighted by atomic mass is 10.1. The van der Waals surface area contributed by atoms with Crippen LogP contribution in [0.5, 0.6) is 23.0 Å². The van der Waals surface area contributed by atoms with Gasteiger partial charge < -0.3 is 54.6 Å². The van der Waals surface area contributed by atoms with Crippen LogP contribution >= 0.6 is 0 Å². The second kappa shape index (κ2) is 20.3. The Morgan fingerprint density at radius 3 is 1.75 bits per heavy atom. The van der Waals surface area contributed by atoms with Crippen molar-refractivity contribution in [2.45, 2.75) is 63.5 Å². The minimum atomic E-state index is -0.511. The van der Waals surface area contributed by atoms with Crippen molar-refractivity contribution in [3.63, 3.8) is 0 Å². The largest absolute Gasteiger partial charge is 0.493 e. The summed E-state index contributed by atoms with van der Waals surface area (Å²) in [5.41, 5.74) is 2.62. The topological polar surface area (TPSA) is 224 Å². The molecule has 0 spiro atoms. The van der Waals surface area contributed by atoms with Gasteiger partial charge in [-0.1, -0.05) is 0 Å². The number of ether oxygens (including phenoxy) is 4. The molecule has 3 aromatic rings. The molecule has 63 heavy (non-hydrogen) atoms. The fourth-order valence-electron chi connectivity index (χ4n) is 7.96. The fraction of sp³-hybridized carbons (Fsp3) is 0.455. The van der Waals surface area contributed by atoms with Crippen LogP contribution < -0.4 is 40.2 Å². The molecule has 2 fully saturated rings. The first kappa shape index (κ1) is 44.1. The zero-order chi connectivity index (χ0) is 44.5. The Morgan fingerprint density at radius 2 is 1.21 bits per heavy atom. The van der Waals surface area contributed by atoms with Gasteiger partial charge in [0.2, 0.25) is 17.7 Å². The number of hydrogen-bond donors (Lipinski definition) is 4. The summed E-state index contributed by atoms with van der Waals surface area (Å²) in [6.07, 6.45) is 9.98. The highest BCUT2D eigenvalue weighted by Crippen LogP contribution is 2.39. The molecule has 4 aliphatic rings. The van der Waals surface area contributed by atoms with E-state index >= 15 is 0 Å². The number of carbonyl (C=O) groups excluding carboxylic acids is 6. The quantitative estimate of drug-likeness (QED) is 0.129. The Morgan fingerprint density at radius 1 is 0.683 bits per heavy atom. The first-order valence-corrected chi connectivity index (χ1v) is 21.2. The highest BCUT2D eigenvalue weighted by Gasteiger charge is 2.34. The molecule has 4 N–H and O–H groups in total. The molecule has 19 heteroatoms. The average molecular weight is 868 g/mol. The zero-order valence-electron chi connectivity index (χ0n) is 35.7. The van der Waals surface area contributed by atoms with Crippen LogP contribution in [-0.2, 0) is 21.4 Å². The minimum Gasteiger partial charge on any atom is -0.493 e. The van der Waals surface area contributed by atoms with Gasteiger partial charge in [-0.3, -0.25) is 38.8 Å². The van der Waals surface area contributed by atoms with Crippen LogP contribution in [0.4, 0.5) is 17.1 Å². The molecular weight excluding hydrogens is 815 g/mol.